The number of hydrogen-bond acceptors (Lipinski definition) is 2. The molecule has 2 unspecified atom stereocenters. The largest absolute Gasteiger partial charge is 0.465 e. The highest BCUT2D eigenvalue weighted by Gasteiger charge is 2.38. The highest BCUT2D eigenvalue weighted by atomic mass is 35.5. The van der Waals surface area contributed by atoms with Gasteiger partial charge in [-0.05, 0) is 54.3 Å². The van der Waals surface area contributed by atoms with Crippen LogP contribution in [0.2, 0.25) is 10.0 Å². The maximum absolute atomic E-state index is 6.90. The number of benzene rings is 5. The molecule has 0 saturated carbocycles. The zero-order valence-electron chi connectivity index (χ0n) is 19.2. The summed E-state index contributed by atoms with van der Waals surface area (Å²) < 4.78 is 6.90. The third-order valence-electron chi connectivity index (χ3n) is 6.64. The van der Waals surface area contributed by atoms with Gasteiger partial charge in [0, 0.05) is 32.2 Å². The predicted molar refractivity (Wildman–Crippen MR) is 146 cm³/mol. The van der Waals surface area contributed by atoms with E-state index in [1.807, 2.05) is 36.4 Å². The first-order valence-corrected chi connectivity index (χ1v) is 12.4. The van der Waals surface area contributed by atoms with Crippen molar-refractivity contribution in [1.29, 1.82) is 0 Å². The van der Waals surface area contributed by atoms with Gasteiger partial charge in [-0.3, -0.25) is 0 Å². The smallest absolute Gasteiger partial charge is 0.199 e. The van der Waals surface area contributed by atoms with Gasteiger partial charge in [0.1, 0.15) is 5.75 Å². The lowest BCUT2D eigenvalue weighted by atomic mass is 9.90. The molecular weight excluding hydrogens is 473 g/mol. The lowest BCUT2D eigenvalue weighted by Gasteiger charge is -2.45. The summed E-state index contributed by atoms with van der Waals surface area (Å²) >= 11 is 12.5. The SMILES string of the molecule is Cc1ccc(N2C(c3ccc(Cl)cc3)Oc3c(ccc4ccccc34)C2c2ccc(Cl)cc2)cc1. The van der Waals surface area contributed by atoms with Crippen LogP contribution in [0.4, 0.5) is 5.69 Å². The molecule has 6 rings (SSSR count). The molecule has 0 fully saturated rings. The van der Waals surface area contributed by atoms with Crippen LogP contribution in [0, 0.1) is 6.92 Å². The van der Waals surface area contributed by atoms with Crippen molar-refractivity contribution in [3.05, 3.63) is 141 Å². The first kappa shape index (κ1) is 22.0. The number of nitrogens with zero attached hydrogens (tertiary/aromatic N) is 1. The Hall–Kier alpha value is -3.46. The van der Waals surface area contributed by atoms with Crippen LogP contribution in [-0.2, 0) is 0 Å². The Kier molecular flexibility index (Phi) is 5.64. The Bertz CT molecular complexity index is 1490. The summed E-state index contributed by atoms with van der Waals surface area (Å²) in [6, 6.07) is 37.3. The quantitative estimate of drug-likeness (QED) is 0.247. The molecule has 0 radical (unpaired) electrons. The normalized spacial score (nSPS) is 17.2. The summed E-state index contributed by atoms with van der Waals surface area (Å²) in [4.78, 5) is 2.35. The molecular formula is C31H23Cl2NO. The lowest BCUT2D eigenvalue weighted by Crippen LogP contribution is -2.40. The Labute approximate surface area is 215 Å². The van der Waals surface area contributed by atoms with Gasteiger partial charge in [-0.2, -0.15) is 0 Å². The van der Waals surface area contributed by atoms with Crippen molar-refractivity contribution < 1.29 is 4.74 Å². The molecule has 4 heteroatoms. The van der Waals surface area contributed by atoms with E-state index in [1.54, 1.807) is 0 Å². The number of rotatable bonds is 3. The summed E-state index contributed by atoms with van der Waals surface area (Å²) in [6.45, 7) is 2.10. The van der Waals surface area contributed by atoms with E-state index < -0.39 is 0 Å². The molecule has 5 aromatic rings. The number of ether oxygens (including phenoxy) is 1. The van der Waals surface area contributed by atoms with Crippen LogP contribution in [0.15, 0.2) is 109 Å². The van der Waals surface area contributed by atoms with Crippen LogP contribution in [0.1, 0.15) is 34.5 Å². The van der Waals surface area contributed by atoms with E-state index in [0.717, 1.165) is 43.9 Å². The van der Waals surface area contributed by atoms with E-state index in [1.165, 1.54) is 5.56 Å². The summed E-state index contributed by atoms with van der Waals surface area (Å²) in [5.74, 6) is 0.909. The van der Waals surface area contributed by atoms with Crippen molar-refractivity contribution in [2.24, 2.45) is 0 Å². The van der Waals surface area contributed by atoms with Crippen LogP contribution in [0.5, 0.6) is 5.75 Å². The standard InChI is InChI=1S/C31H23Cl2NO/c1-20-6-17-26(18-7-20)34-29(22-8-13-24(32)14-9-22)28-19-12-21-4-2-3-5-27(21)30(28)35-31(34)23-10-15-25(33)16-11-23/h2-19,29,31H,1H3. The van der Waals surface area contributed by atoms with Gasteiger partial charge in [-0.1, -0.05) is 102 Å². The Morgan fingerprint density at radius 3 is 1.97 bits per heavy atom. The first-order chi connectivity index (χ1) is 17.1. The van der Waals surface area contributed by atoms with Crippen molar-refractivity contribution in [2.45, 2.75) is 19.2 Å². The summed E-state index contributed by atoms with van der Waals surface area (Å²) in [7, 11) is 0. The molecule has 172 valence electrons. The van der Waals surface area contributed by atoms with Gasteiger partial charge in [0.05, 0.1) is 6.04 Å². The van der Waals surface area contributed by atoms with Gasteiger partial charge in [-0.15, -0.1) is 0 Å². The van der Waals surface area contributed by atoms with Gasteiger partial charge in [0.15, 0.2) is 6.23 Å². The fourth-order valence-electron chi connectivity index (χ4n) is 4.90. The van der Waals surface area contributed by atoms with E-state index in [0.29, 0.717) is 5.02 Å². The molecule has 0 spiro atoms. The second kappa shape index (κ2) is 8.96. The minimum atomic E-state index is -0.353. The minimum Gasteiger partial charge on any atom is -0.465 e. The van der Waals surface area contributed by atoms with Crippen LogP contribution in [-0.4, -0.2) is 0 Å². The topological polar surface area (TPSA) is 12.5 Å². The minimum absolute atomic E-state index is 0.0796. The van der Waals surface area contributed by atoms with Gasteiger partial charge >= 0.3 is 0 Å². The van der Waals surface area contributed by atoms with Crippen LogP contribution >= 0.6 is 23.2 Å². The highest BCUT2D eigenvalue weighted by Crippen LogP contribution is 2.50. The second-order valence-corrected chi connectivity index (χ2v) is 9.80. The second-order valence-electron chi connectivity index (χ2n) is 8.92. The van der Waals surface area contributed by atoms with E-state index in [4.69, 9.17) is 27.9 Å². The monoisotopic (exact) mass is 495 g/mol. The zero-order valence-corrected chi connectivity index (χ0v) is 20.7. The van der Waals surface area contributed by atoms with E-state index >= 15 is 0 Å². The lowest BCUT2D eigenvalue weighted by molar-refractivity contribution is 0.172. The van der Waals surface area contributed by atoms with Crippen molar-refractivity contribution in [3.8, 4) is 5.75 Å². The first-order valence-electron chi connectivity index (χ1n) is 11.6. The van der Waals surface area contributed by atoms with Crippen LogP contribution < -0.4 is 9.64 Å². The van der Waals surface area contributed by atoms with Crippen molar-refractivity contribution in [2.75, 3.05) is 4.90 Å². The van der Waals surface area contributed by atoms with Crippen molar-refractivity contribution >= 4 is 39.7 Å². The predicted octanol–water partition coefficient (Wildman–Crippen LogP) is 9.14. The molecule has 1 aliphatic heterocycles. The van der Waals surface area contributed by atoms with E-state index in [-0.39, 0.29) is 12.3 Å². The number of aryl methyl sites for hydroxylation is 1. The van der Waals surface area contributed by atoms with Gasteiger partial charge in [0.25, 0.3) is 0 Å². The van der Waals surface area contributed by atoms with Crippen molar-refractivity contribution in [3.63, 3.8) is 0 Å². The third-order valence-corrected chi connectivity index (χ3v) is 7.14. The summed E-state index contributed by atoms with van der Waals surface area (Å²) in [5, 5.41) is 3.67. The molecule has 1 aliphatic rings. The molecule has 0 N–H and O–H groups in total. The van der Waals surface area contributed by atoms with E-state index in [2.05, 4.69) is 84.6 Å². The number of fused-ring (bicyclic) bond motifs is 3. The molecule has 1 heterocycles. The maximum atomic E-state index is 6.90. The number of anilines is 1. The van der Waals surface area contributed by atoms with Crippen LogP contribution in [0.3, 0.4) is 0 Å². The third kappa shape index (κ3) is 4.03. The average molecular weight is 496 g/mol. The zero-order chi connectivity index (χ0) is 23.9. The Balaban J connectivity index is 1.64. The Morgan fingerprint density at radius 2 is 1.29 bits per heavy atom. The van der Waals surface area contributed by atoms with Crippen molar-refractivity contribution in [1.82, 2.24) is 0 Å². The van der Waals surface area contributed by atoms with Gasteiger partial charge in [0.2, 0.25) is 0 Å². The molecule has 35 heavy (non-hydrogen) atoms. The molecule has 0 saturated heterocycles. The van der Waals surface area contributed by atoms with Crippen LogP contribution in [0.25, 0.3) is 10.8 Å². The highest BCUT2D eigenvalue weighted by molar-refractivity contribution is 6.30. The van der Waals surface area contributed by atoms with Gasteiger partial charge < -0.3 is 9.64 Å². The maximum Gasteiger partial charge on any atom is 0.199 e. The summed E-state index contributed by atoms with van der Waals surface area (Å²) in [6.07, 6.45) is -0.353. The molecule has 0 aromatic heterocycles. The molecule has 2 atom stereocenters. The molecule has 2 nitrogen and oxygen atoms in total. The molecule has 0 bridgehead atoms. The fraction of sp³-hybridized carbons (Fsp3) is 0.0968. The molecule has 0 aliphatic carbocycles. The Morgan fingerprint density at radius 1 is 0.657 bits per heavy atom. The number of hydrogen-bond donors (Lipinski definition) is 0. The number of halogens is 2. The van der Waals surface area contributed by atoms with Gasteiger partial charge in [-0.25, -0.2) is 0 Å². The molecule has 0 amide bonds. The molecule has 5 aromatic carbocycles. The average Bonchev–Trinajstić information content (AvgIpc) is 2.89. The summed E-state index contributed by atoms with van der Waals surface area (Å²) in [5.41, 5.74) is 5.59. The fourth-order valence-corrected chi connectivity index (χ4v) is 5.15. The van der Waals surface area contributed by atoms with E-state index in [9.17, 15) is 0 Å².